The second kappa shape index (κ2) is 13.9. The van der Waals surface area contributed by atoms with E-state index in [-0.39, 0.29) is 10.8 Å². The lowest BCUT2D eigenvalue weighted by Crippen LogP contribution is -2.11. The second-order valence-electron chi connectivity index (χ2n) is 6.71. The Morgan fingerprint density at radius 1 is 0.757 bits per heavy atom. The number of nitrogens with one attached hydrogen (secondary N) is 1. The van der Waals surface area contributed by atoms with E-state index in [1.165, 1.54) is 18.5 Å². The topological polar surface area (TPSA) is 149 Å². The largest absolute Gasteiger partial charge is 0.341 e. The summed E-state index contributed by atoms with van der Waals surface area (Å²) in [6.07, 6.45) is 2.86. The van der Waals surface area contributed by atoms with Gasteiger partial charge in [-0.1, -0.05) is 72.3 Å². The summed E-state index contributed by atoms with van der Waals surface area (Å²) >= 11 is 19.6. The van der Waals surface area contributed by atoms with Gasteiger partial charge in [-0.05, 0) is 57.0 Å². The van der Waals surface area contributed by atoms with Crippen LogP contribution in [0.3, 0.4) is 0 Å². The van der Waals surface area contributed by atoms with Gasteiger partial charge in [0.15, 0.2) is 0 Å². The number of hydrogen-bond donors (Lipinski definition) is 1. The molecule has 0 spiro atoms. The zero-order chi connectivity index (χ0) is 27.6. The number of pyridine rings is 2. The van der Waals surface area contributed by atoms with Crippen LogP contribution < -0.4 is 5.56 Å². The molecular formula is C22H15Cl4N4O6P. The highest BCUT2D eigenvalue weighted by Gasteiger charge is 2.21. The fraction of sp³-hybridized carbons (Fsp3) is 0. The fourth-order valence-electron chi connectivity index (χ4n) is 2.95. The molecule has 0 unspecified atom stereocenters. The molecule has 0 saturated carbocycles. The molecule has 0 atom stereocenters. The fourth-order valence-corrected chi connectivity index (χ4v) is 3.18. The van der Waals surface area contributed by atoms with Gasteiger partial charge in [-0.15, -0.1) is 0 Å². The van der Waals surface area contributed by atoms with Gasteiger partial charge in [-0.25, -0.2) is 4.98 Å². The third-order valence-corrected chi connectivity index (χ3v) is 4.63. The first-order valence-electron chi connectivity index (χ1n) is 9.85. The Hall–Kier alpha value is -3.27. The first-order valence-corrected chi connectivity index (χ1v) is 14.6. The Morgan fingerprint density at radius 3 is 1.62 bits per heavy atom. The lowest BCUT2D eigenvalue weighted by molar-refractivity contribution is -0.385. The van der Waals surface area contributed by atoms with Crippen molar-refractivity contribution in [2.45, 2.75) is 0 Å². The van der Waals surface area contributed by atoms with Gasteiger partial charge >= 0.3 is 22.1 Å². The monoisotopic (exact) mass is 602 g/mol. The summed E-state index contributed by atoms with van der Waals surface area (Å²) in [6.45, 7) is 0. The minimum Gasteiger partial charge on any atom is -0.323 e. The van der Waals surface area contributed by atoms with Crippen LogP contribution in [-0.2, 0) is 4.57 Å². The molecule has 0 aliphatic rings. The van der Waals surface area contributed by atoms with E-state index in [0.717, 1.165) is 5.56 Å². The van der Waals surface area contributed by atoms with E-state index < -0.39 is 26.3 Å². The summed E-state index contributed by atoms with van der Waals surface area (Å²) in [7, 11) is 0. The van der Waals surface area contributed by atoms with Crippen LogP contribution in [0.25, 0.3) is 22.3 Å². The molecule has 4 rings (SSSR count). The van der Waals surface area contributed by atoms with E-state index in [9.17, 15) is 29.6 Å². The van der Waals surface area contributed by atoms with Crippen molar-refractivity contribution in [3.63, 3.8) is 0 Å². The van der Waals surface area contributed by atoms with Crippen LogP contribution in [0, 0.1) is 20.2 Å². The van der Waals surface area contributed by atoms with E-state index in [4.69, 9.17) is 11.6 Å². The van der Waals surface area contributed by atoms with Gasteiger partial charge in [0.25, 0.3) is 0 Å². The Labute approximate surface area is 228 Å². The Bertz CT molecular complexity index is 1480. The Balaban J connectivity index is 0.000000221. The molecule has 1 N–H and O–H groups in total. The lowest BCUT2D eigenvalue weighted by atomic mass is 10.1. The first-order chi connectivity index (χ1) is 17.4. The van der Waals surface area contributed by atoms with Gasteiger partial charge in [0, 0.05) is 12.4 Å². The molecule has 10 nitrogen and oxygen atoms in total. The third-order valence-electron chi connectivity index (χ3n) is 4.35. The summed E-state index contributed by atoms with van der Waals surface area (Å²) in [5, 5.41) is 18.4. The highest BCUT2D eigenvalue weighted by atomic mass is 36.0. The molecule has 4 aromatic rings. The van der Waals surface area contributed by atoms with Gasteiger partial charge < -0.3 is 4.98 Å². The number of nitro groups is 2. The van der Waals surface area contributed by atoms with Gasteiger partial charge in [0.1, 0.15) is 0 Å². The van der Waals surface area contributed by atoms with E-state index >= 15 is 0 Å². The zero-order valence-corrected chi connectivity index (χ0v) is 22.3. The minimum absolute atomic E-state index is 0.0913. The van der Waals surface area contributed by atoms with E-state index in [0.29, 0.717) is 16.7 Å². The molecule has 2 heterocycles. The normalized spacial score (nSPS) is 10.3. The third kappa shape index (κ3) is 9.60. The number of nitrogens with zero attached hydrogens (tertiary/aromatic N) is 3. The molecule has 0 radical (unpaired) electrons. The predicted molar refractivity (Wildman–Crippen MR) is 146 cm³/mol. The molecule has 2 aromatic heterocycles. The predicted octanol–water partition coefficient (Wildman–Crippen LogP) is 8.07. The van der Waals surface area contributed by atoms with Gasteiger partial charge in [0.2, 0.25) is 5.15 Å². The molecule has 192 valence electrons. The van der Waals surface area contributed by atoms with Crippen molar-refractivity contribution in [3.8, 4) is 22.3 Å². The smallest absolute Gasteiger partial charge is 0.323 e. The highest BCUT2D eigenvalue weighted by Crippen LogP contribution is 2.61. The molecule has 37 heavy (non-hydrogen) atoms. The van der Waals surface area contributed by atoms with Gasteiger partial charge in [-0.3, -0.25) is 29.6 Å². The maximum atomic E-state index is 11.4. The van der Waals surface area contributed by atoms with E-state index in [1.807, 2.05) is 24.3 Å². The molecule has 0 aliphatic heterocycles. The van der Waals surface area contributed by atoms with Crippen LogP contribution in [0.15, 0.2) is 90.0 Å². The zero-order valence-electron chi connectivity index (χ0n) is 18.3. The van der Waals surface area contributed by atoms with Crippen molar-refractivity contribution in [3.05, 3.63) is 121 Å². The average Bonchev–Trinajstić information content (AvgIpc) is 2.84. The van der Waals surface area contributed by atoms with Crippen LogP contribution in [0.1, 0.15) is 0 Å². The van der Waals surface area contributed by atoms with Crippen molar-refractivity contribution >= 4 is 61.9 Å². The molecule has 2 aromatic carbocycles. The summed E-state index contributed by atoms with van der Waals surface area (Å²) in [6, 6.07) is 20.9. The quantitative estimate of drug-likeness (QED) is 0.107. The molecule has 0 saturated heterocycles. The lowest BCUT2D eigenvalue weighted by Gasteiger charge is -2.03. The standard InChI is InChI=1S/C11H7ClN2O2.C11H8N2O3.Cl3OP/c12-11-10(14(15)16)9(6-7-13-11)8-4-2-1-3-5-8;14-11-10(13(15)16)9(6-7-12-11)8-4-2-1-3-5-8;1-5(2,3)4/h1-7H;1-7H,(H,12,14);. The van der Waals surface area contributed by atoms with Crippen LogP contribution in [0.4, 0.5) is 11.4 Å². The van der Waals surface area contributed by atoms with Crippen molar-refractivity contribution in [1.29, 1.82) is 0 Å². The van der Waals surface area contributed by atoms with Crippen LogP contribution in [0.5, 0.6) is 0 Å². The van der Waals surface area contributed by atoms with Gasteiger partial charge in [-0.2, -0.15) is 0 Å². The number of aromatic amines is 1. The van der Waals surface area contributed by atoms with E-state index in [1.54, 1.807) is 42.5 Å². The van der Waals surface area contributed by atoms with Crippen LogP contribution in [-0.4, -0.2) is 19.8 Å². The summed E-state index contributed by atoms with van der Waals surface area (Å²) in [5.41, 5.74) is 0.939. The van der Waals surface area contributed by atoms with Crippen molar-refractivity contribution < 1.29 is 14.4 Å². The maximum absolute atomic E-state index is 11.4. The number of halogens is 4. The Kier molecular flexibility index (Phi) is 11.2. The number of hydrogen-bond acceptors (Lipinski definition) is 7. The molecule has 0 bridgehead atoms. The summed E-state index contributed by atoms with van der Waals surface area (Å²) in [4.78, 5) is 37.9. The summed E-state index contributed by atoms with van der Waals surface area (Å²) in [5.74, 6) is 0. The number of benzene rings is 2. The minimum atomic E-state index is -3.22. The molecule has 0 amide bonds. The Morgan fingerprint density at radius 2 is 1.19 bits per heavy atom. The van der Waals surface area contributed by atoms with Crippen LogP contribution in [0.2, 0.25) is 5.15 Å². The van der Waals surface area contributed by atoms with Crippen molar-refractivity contribution in [2.75, 3.05) is 0 Å². The van der Waals surface area contributed by atoms with Gasteiger partial charge in [0.05, 0.1) is 21.0 Å². The summed E-state index contributed by atoms with van der Waals surface area (Å²) < 4.78 is 9.51. The maximum Gasteiger partial charge on any atom is 0.341 e. The first kappa shape index (κ1) is 30.0. The molecular weight excluding hydrogens is 589 g/mol. The number of H-pyrrole nitrogens is 1. The molecule has 0 aliphatic carbocycles. The number of rotatable bonds is 4. The van der Waals surface area contributed by atoms with Crippen LogP contribution >= 0.6 is 50.5 Å². The van der Waals surface area contributed by atoms with Crippen molar-refractivity contribution in [2.24, 2.45) is 0 Å². The molecule has 0 fully saturated rings. The molecule has 15 heteroatoms. The van der Waals surface area contributed by atoms with E-state index in [2.05, 4.69) is 43.7 Å². The highest BCUT2D eigenvalue weighted by molar-refractivity contribution is 8.24. The number of aromatic nitrogens is 2. The second-order valence-corrected chi connectivity index (χ2v) is 13.7. The SMILES string of the molecule is O=P(Cl)(Cl)Cl.O=[N+]([O-])c1c(-c2ccccc2)ccnc1Cl.O=c1[nH]ccc(-c2ccccc2)c1[N+](=O)[O-]. The average molecular weight is 604 g/mol. The van der Waals surface area contributed by atoms with Crippen molar-refractivity contribution in [1.82, 2.24) is 9.97 Å².